The van der Waals surface area contributed by atoms with E-state index in [1.165, 1.54) is 5.56 Å². The largest absolute Gasteiger partial charge is 0.490 e. The van der Waals surface area contributed by atoms with Crippen molar-refractivity contribution in [3.05, 3.63) is 29.3 Å². The fraction of sp³-hybridized carbons (Fsp3) is 0.625. The molecule has 2 fully saturated rings. The van der Waals surface area contributed by atoms with Gasteiger partial charge in [0.25, 0.3) is 0 Å². The molecule has 0 bridgehead atoms. The third kappa shape index (κ3) is 2.95. The molecule has 1 aromatic carbocycles. The Kier molecular flexibility index (Phi) is 4.20. The van der Waals surface area contributed by atoms with Crippen LogP contribution in [0.5, 0.6) is 5.75 Å². The van der Waals surface area contributed by atoms with Crippen molar-refractivity contribution in [1.82, 2.24) is 0 Å². The van der Waals surface area contributed by atoms with Gasteiger partial charge in [0.05, 0.1) is 24.7 Å². The Hall–Kier alpha value is -0.770. The minimum Gasteiger partial charge on any atom is -0.490 e. The van der Waals surface area contributed by atoms with Gasteiger partial charge in [0.15, 0.2) is 0 Å². The van der Waals surface area contributed by atoms with Gasteiger partial charge in [-0.1, -0.05) is 17.7 Å². The number of rotatable bonds is 3. The third-order valence-electron chi connectivity index (χ3n) is 4.17. The highest BCUT2D eigenvalue weighted by Crippen LogP contribution is 2.35. The van der Waals surface area contributed by atoms with E-state index in [9.17, 15) is 0 Å². The second-order valence-electron chi connectivity index (χ2n) is 5.81. The van der Waals surface area contributed by atoms with Crippen LogP contribution in [0.25, 0.3) is 0 Å². The van der Waals surface area contributed by atoms with Crippen LogP contribution in [0.4, 0.5) is 0 Å². The van der Waals surface area contributed by atoms with E-state index in [-0.39, 0.29) is 11.7 Å². The summed E-state index contributed by atoms with van der Waals surface area (Å²) in [4.78, 5) is 0. The van der Waals surface area contributed by atoms with Gasteiger partial charge in [0.1, 0.15) is 11.9 Å². The summed E-state index contributed by atoms with van der Waals surface area (Å²) in [7, 11) is 0. The Morgan fingerprint density at radius 1 is 1.40 bits per heavy atom. The molecule has 2 aliphatic rings. The first kappa shape index (κ1) is 14.2. The molecule has 0 aliphatic carbocycles. The minimum absolute atomic E-state index is 0.116. The standard InChI is InChI=1S/C16H21ClO3/c1-12-2-3-15(13(8-12)10-17)20-14-4-6-19-16(9-14)5-7-18-11-16/h2-3,8,14H,4-7,9-11H2,1H3. The fourth-order valence-corrected chi connectivity index (χ4v) is 3.26. The van der Waals surface area contributed by atoms with Crippen molar-refractivity contribution in [2.75, 3.05) is 19.8 Å². The lowest BCUT2D eigenvalue weighted by molar-refractivity contribution is -0.112. The molecule has 2 heterocycles. The molecule has 3 nitrogen and oxygen atoms in total. The molecule has 0 N–H and O–H groups in total. The molecule has 0 aromatic heterocycles. The van der Waals surface area contributed by atoms with Crippen molar-refractivity contribution >= 4 is 11.6 Å². The molecular weight excluding hydrogens is 276 g/mol. The second kappa shape index (κ2) is 5.92. The molecule has 2 saturated heterocycles. The maximum atomic E-state index is 6.20. The van der Waals surface area contributed by atoms with E-state index in [4.69, 9.17) is 25.8 Å². The van der Waals surface area contributed by atoms with Gasteiger partial charge in [-0.2, -0.15) is 0 Å². The molecule has 1 spiro atoms. The number of alkyl halides is 1. The predicted octanol–water partition coefficient (Wildman–Crippen LogP) is 3.45. The van der Waals surface area contributed by atoms with Crippen LogP contribution >= 0.6 is 11.6 Å². The number of hydrogen-bond acceptors (Lipinski definition) is 3. The lowest BCUT2D eigenvalue weighted by atomic mass is 9.91. The average molecular weight is 297 g/mol. The quantitative estimate of drug-likeness (QED) is 0.800. The number of benzene rings is 1. The molecule has 0 radical (unpaired) electrons. The van der Waals surface area contributed by atoms with Crippen LogP contribution in [-0.4, -0.2) is 31.5 Å². The van der Waals surface area contributed by atoms with Crippen molar-refractivity contribution in [2.24, 2.45) is 0 Å². The number of hydrogen-bond donors (Lipinski definition) is 0. The van der Waals surface area contributed by atoms with Crippen LogP contribution in [-0.2, 0) is 15.4 Å². The lowest BCUT2D eigenvalue weighted by Crippen LogP contribution is -2.44. The smallest absolute Gasteiger partial charge is 0.124 e. The summed E-state index contributed by atoms with van der Waals surface area (Å²) in [5.74, 6) is 1.39. The highest BCUT2D eigenvalue weighted by molar-refractivity contribution is 6.17. The molecule has 2 unspecified atom stereocenters. The molecule has 110 valence electrons. The summed E-state index contributed by atoms with van der Waals surface area (Å²) in [5, 5.41) is 0. The van der Waals surface area contributed by atoms with E-state index in [0.29, 0.717) is 12.5 Å². The van der Waals surface area contributed by atoms with Gasteiger partial charge in [-0.3, -0.25) is 0 Å². The molecule has 3 rings (SSSR count). The van der Waals surface area contributed by atoms with Crippen LogP contribution in [0.15, 0.2) is 18.2 Å². The maximum Gasteiger partial charge on any atom is 0.124 e. The summed E-state index contributed by atoms with van der Waals surface area (Å²) < 4.78 is 17.6. The van der Waals surface area contributed by atoms with Crippen molar-refractivity contribution in [3.8, 4) is 5.75 Å². The molecule has 0 saturated carbocycles. The molecule has 2 atom stereocenters. The van der Waals surface area contributed by atoms with Gasteiger partial charge in [-0.25, -0.2) is 0 Å². The number of ether oxygens (including phenoxy) is 3. The highest BCUT2D eigenvalue weighted by atomic mass is 35.5. The average Bonchev–Trinajstić information content (AvgIpc) is 2.89. The Bertz CT molecular complexity index is 469. The predicted molar refractivity (Wildman–Crippen MR) is 78.5 cm³/mol. The molecule has 20 heavy (non-hydrogen) atoms. The SMILES string of the molecule is Cc1ccc(OC2CCOC3(CCOC3)C2)c(CCl)c1. The molecule has 4 heteroatoms. The van der Waals surface area contributed by atoms with E-state index in [1.54, 1.807) is 0 Å². The molecule has 1 aromatic rings. The van der Waals surface area contributed by atoms with Crippen molar-refractivity contribution in [1.29, 1.82) is 0 Å². The van der Waals surface area contributed by atoms with Crippen LogP contribution in [0.2, 0.25) is 0 Å². The van der Waals surface area contributed by atoms with Crippen molar-refractivity contribution in [2.45, 2.75) is 43.8 Å². The Morgan fingerprint density at radius 2 is 2.30 bits per heavy atom. The topological polar surface area (TPSA) is 27.7 Å². The van der Waals surface area contributed by atoms with E-state index >= 15 is 0 Å². The van der Waals surface area contributed by atoms with Gasteiger partial charge in [0, 0.05) is 31.4 Å². The van der Waals surface area contributed by atoms with Gasteiger partial charge in [0.2, 0.25) is 0 Å². The van der Waals surface area contributed by atoms with E-state index in [2.05, 4.69) is 19.1 Å². The first-order chi connectivity index (χ1) is 9.71. The molecule has 2 aliphatic heterocycles. The van der Waals surface area contributed by atoms with Gasteiger partial charge < -0.3 is 14.2 Å². The normalized spacial score (nSPS) is 29.8. The molecular formula is C16H21ClO3. The zero-order valence-electron chi connectivity index (χ0n) is 11.9. The van der Waals surface area contributed by atoms with E-state index in [0.717, 1.165) is 43.8 Å². The Balaban J connectivity index is 1.71. The van der Waals surface area contributed by atoms with Crippen LogP contribution in [0.3, 0.4) is 0 Å². The Morgan fingerprint density at radius 3 is 3.05 bits per heavy atom. The van der Waals surface area contributed by atoms with Crippen LogP contribution in [0, 0.1) is 6.92 Å². The molecule has 0 amide bonds. The minimum atomic E-state index is -0.116. The first-order valence-corrected chi connectivity index (χ1v) is 7.78. The second-order valence-corrected chi connectivity index (χ2v) is 6.08. The summed E-state index contributed by atoms with van der Waals surface area (Å²) in [6.07, 6.45) is 3.00. The van der Waals surface area contributed by atoms with Gasteiger partial charge in [-0.15, -0.1) is 11.6 Å². The lowest BCUT2D eigenvalue weighted by Gasteiger charge is -2.37. The number of halogens is 1. The zero-order chi connectivity index (χ0) is 14.0. The summed E-state index contributed by atoms with van der Waals surface area (Å²) in [6.45, 7) is 4.31. The maximum absolute atomic E-state index is 6.20. The first-order valence-electron chi connectivity index (χ1n) is 7.25. The fourth-order valence-electron chi connectivity index (χ4n) is 3.05. The van der Waals surface area contributed by atoms with Crippen LogP contribution in [0.1, 0.15) is 30.4 Å². The van der Waals surface area contributed by atoms with Crippen molar-refractivity contribution in [3.63, 3.8) is 0 Å². The highest BCUT2D eigenvalue weighted by Gasteiger charge is 2.41. The monoisotopic (exact) mass is 296 g/mol. The van der Waals surface area contributed by atoms with Gasteiger partial charge in [-0.05, 0) is 13.0 Å². The summed E-state index contributed by atoms with van der Waals surface area (Å²) in [5.41, 5.74) is 2.16. The third-order valence-corrected chi connectivity index (χ3v) is 4.46. The summed E-state index contributed by atoms with van der Waals surface area (Å²) in [6, 6.07) is 6.19. The van der Waals surface area contributed by atoms with Gasteiger partial charge >= 0.3 is 0 Å². The van der Waals surface area contributed by atoms with Crippen molar-refractivity contribution < 1.29 is 14.2 Å². The summed E-state index contributed by atoms with van der Waals surface area (Å²) >= 11 is 6.02. The Labute approximate surface area is 125 Å². The number of aryl methyl sites for hydroxylation is 1. The zero-order valence-corrected chi connectivity index (χ0v) is 12.6. The van der Waals surface area contributed by atoms with E-state index in [1.807, 2.05) is 6.07 Å². The van der Waals surface area contributed by atoms with E-state index < -0.39 is 0 Å². The van der Waals surface area contributed by atoms with Crippen LogP contribution < -0.4 is 4.74 Å².